The summed E-state index contributed by atoms with van der Waals surface area (Å²) >= 11 is 0. The minimum absolute atomic E-state index is 0.0372. The Morgan fingerprint density at radius 2 is 1.11 bits per heavy atom. The minimum atomic E-state index is -8.50. The molecule has 21 heteroatoms. The first-order chi connectivity index (χ1) is 16.7. The molecule has 0 heterocycles. The molecule has 0 aliphatic rings. The monoisotopic (exact) mass is 590 g/mol. The van der Waals surface area contributed by atoms with Crippen molar-refractivity contribution in [1.82, 2.24) is 0 Å². The van der Waals surface area contributed by atoms with Crippen molar-refractivity contribution in [2.24, 2.45) is 0 Å². The van der Waals surface area contributed by atoms with Gasteiger partial charge < -0.3 is 14.9 Å². The maximum Gasteiger partial charge on any atom is 0.460 e. The third-order valence-electron chi connectivity index (χ3n) is 4.24. The van der Waals surface area contributed by atoms with Crippen LogP contribution in [0.25, 0.3) is 0 Å². The zero-order valence-electron chi connectivity index (χ0n) is 16.9. The number of halogens is 15. The van der Waals surface area contributed by atoms with Gasteiger partial charge in [-0.25, -0.2) is 18.8 Å². The predicted molar refractivity (Wildman–Crippen MR) is 86.0 cm³/mol. The molecular formula is C17H5F15O6. The van der Waals surface area contributed by atoms with Gasteiger partial charge >= 0.3 is 53.7 Å². The number of hydrogen-bond donors (Lipinski definition) is 2. The summed E-state index contributed by atoms with van der Waals surface area (Å²) in [6, 6.07) is 0.831. The van der Waals surface area contributed by atoms with Crippen LogP contribution < -0.4 is 4.74 Å². The smallest absolute Gasteiger partial charge is 0.460 e. The Labute approximate surface area is 196 Å². The van der Waals surface area contributed by atoms with Crippen molar-refractivity contribution in [3.63, 3.8) is 0 Å². The lowest BCUT2D eigenvalue weighted by molar-refractivity contribution is -0.437. The molecule has 0 amide bonds. The summed E-state index contributed by atoms with van der Waals surface area (Å²) in [7, 11) is 0. The first kappa shape index (κ1) is 32.3. The van der Waals surface area contributed by atoms with Crippen LogP contribution >= 0.6 is 0 Å². The van der Waals surface area contributed by atoms with E-state index in [0.717, 1.165) is 0 Å². The van der Waals surface area contributed by atoms with E-state index in [2.05, 4.69) is 4.74 Å². The Morgan fingerprint density at radius 3 is 1.50 bits per heavy atom. The van der Waals surface area contributed by atoms with E-state index in [1.54, 1.807) is 0 Å². The van der Waals surface area contributed by atoms with Crippen LogP contribution in [0.15, 0.2) is 29.9 Å². The van der Waals surface area contributed by atoms with Gasteiger partial charge in [0.25, 0.3) is 0 Å². The van der Waals surface area contributed by atoms with Crippen molar-refractivity contribution < 1.29 is 95.2 Å². The number of rotatable bonds is 9. The molecule has 2 N–H and O–H groups in total. The first-order valence-corrected chi connectivity index (χ1v) is 8.54. The summed E-state index contributed by atoms with van der Waals surface area (Å²) in [5, 5.41) is 17.6. The van der Waals surface area contributed by atoms with Crippen LogP contribution in [0.5, 0.6) is 5.75 Å². The number of aromatic carboxylic acids is 2. The fourth-order valence-electron chi connectivity index (χ4n) is 2.20. The highest BCUT2D eigenvalue weighted by molar-refractivity contribution is 5.97. The van der Waals surface area contributed by atoms with E-state index in [9.17, 15) is 80.2 Å². The Bertz CT molecular complexity index is 1170. The van der Waals surface area contributed by atoms with Crippen molar-refractivity contribution >= 4 is 17.9 Å². The molecule has 0 saturated heterocycles. The van der Waals surface area contributed by atoms with E-state index in [0.29, 0.717) is 12.1 Å². The van der Waals surface area contributed by atoms with Gasteiger partial charge in [-0.05, 0) is 18.2 Å². The van der Waals surface area contributed by atoms with Gasteiger partial charge in [-0.3, -0.25) is 0 Å². The SMILES string of the molecule is O=C(Oc1cc(C(=O)O)ccc1C(=O)O)C(F)=C(F)C(F)(F)C(F)(F)C(F)(F)C(F)(F)C(F)(F)C(F)(F)F. The standard InChI is InChI=1S/C17H5F15O6/c18-7(11(37)38-6-3-4(9(33)34)1-2-5(6)10(35)36)8(19)12(20,21)13(22,23)14(24,25)15(26,27)16(28,29)17(30,31)32/h1-3H,(H,33,34)(H,35,36). The zero-order chi connectivity index (χ0) is 30.4. The molecule has 0 fully saturated rings. The third-order valence-corrected chi connectivity index (χ3v) is 4.24. The molecule has 214 valence electrons. The molecule has 0 atom stereocenters. The number of allylic oxidation sites excluding steroid dienone is 1. The number of alkyl halides is 13. The lowest BCUT2D eigenvalue weighted by atomic mass is 9.93. The number of carbonyl (C=O) groups is 3. The van der Waals surface area contributed by atoms with Crippen LogP contribution in [-0.4, -0.2) is 63.9 Å². The maximum absolute atomic E-state index is 13.8. The first-order valence-electron chi connectivity index (χ1n) is 8.54. The van der Waals surface area contributed by atoms with Gasteiger partial charge in [0.2, 0.25) is 11.7 Å². The fourth-order valence-corrected chi connectivity index (χ4v) is 2.20. The topological polar surface area (TPSA) is 101 Å². The number of carboxylic acid groups (broad SMARTS) is 2. The molecule has 0 unspecified atom stereocenters. The lowest BCUT2D eigenvalue weighted by Gasteiger charge is -2.39. The molecule has 6 nitrogen and oxygen atoms in total. The molecule has 0 spiro atoms. The highest BCUT2D eigenvalue weighted by atomic mass is 19.4. The molecule has 1 aromatic carbocycles. The lowest BCUT2D eigenvalue weighted by Crippen LogP contribution is -2.70. The summed E-state index contributed by atoms with van der Waals surface area (Å²) in [5.41, 5.74) is -2.30. The van der Waals surface area contributed by atoms with Gasteiger partial charge in [-0.15, -0.1) is 0 Å². The molecular weight excluding hydrogens is 585 g/mol. The van der Waals surface area contributed by atoms with Gasteiger partial charge in [0.1, 0.15) is 11.3 Å². The Kier molecular flexibility index (Phi) is 8.14. The number of benzene rings is 1. The van der Waals surface area contributed by atoms with Gasteiger partial charge in [-0.1, -0.05) is 0 Å². The molecule has 38 heavy (non-hydrogen) atoms. The van der Waals surface area contributed by atoms with Crippen molar-refractivity contribution in [3.05, 3.63) is 41.0 Å². The van der Waals surface area contributed by atoms with Crippen LogP contribution in [-0.2, 0) is 4.79 Å². The Balaban J connectivity index is 3.62. The van der Waals surface area contributed by atoms with Crippen LogP contribution in [0.2, 0.25) is 0 Å². The van der Waals surface area contributed by atoms with Crippen LogP contribution in [0.3, 0.4) is 0 Å². The molecule has 1 aromatic rings. The molecule has 0 bridgehead atoms. The van der Waals surface area contributed by atoms with E-state index in [-0.39, 0.29) is 6.07 Å². The molecule has 0 aromatic heterocycles. The van der Waals surface area contributed by atoms with Gasteiger partial charge in [0.05, 0.1) is 5.56 Å². The summed E-state index contributed by atoms with van der Waals surface area (Å²) in [5.74, 6) is -59.0. The van der Waals surface area contributed by atoms with Crippen molar-refractivity contribution in [2.45, 2.75) is 35.8 Å². The number of hydrogen-bond acceptors (Lipinski definition) is 4. The summed E-state index contributed by atoms with van der Waals surface area (Å²) in [6.45, 7) is 0. The Morgan fingerprint density at radius 1 is 0.658 bits per heavy atom. The highest BCUT2D eigenvalue weighted by Gasteiger charge is 2.91. The molecule has 0 aliphatic heterocycles. The summed E-state index contributed by atoms with van der Waals surface area (Å²) in [4.78, 5) is 33.3. The number of ether oxygens (including phenoxy) is 1. The van der Waals surface area contributed by atoms with E-state index in [1.807, 2.05) is 0 Å². The Hall–Kier alpha value is -3.68. The summed E-state index contributed by atoms with van der Waals surface area (Å²) in [6.07, 6.45) is -7.76. The molecule has 0 aliphatic carbocycles. The zero-order valence-corrected chi connectivity index (χ0v) is 16.9. The summed E-state index contributed by atoms with van der Waals surface area (Å²) < 4.78 is 201. The van der Waals surface area contributed by atoms with Crippen LogP contribution in [0.4, 0.5) is 65.9 Å². The predicted octanol–water partition coefficient (Wildman–Crippen LogP) is 5.88. The average Bonchev–Trinajstić information content (AvgIpc) is 2.76. The van der Waals surface area contributed by atoms with E-state index >= 15 is 0 Å². The number of carboxylic acids is 2. The maximum atomic E-state index is 13.8. The second-order valence-electron chi connectivity index (χ2n) is 6.71. The normalized spacial score (nSPS) is 14.6. The largest absolute Gasteiger partial charge is 0.478 e. The van der Waals surface area contributed by atoms with E-state index < -0.39 is 82.2 Å². The second-order valence-corrected chi connectivity index (χ2v) is 6.71. The number of carbonyl (C=O) groups excluding carboxylic acids is 1. The van der Waals surface area contributed by atoms with Crippen molar-refractivity contribution in [1.29, 1.82) is 0 Å². The van der Waals surface area contributed by atoms with E-state index in [1.165, 1.54) is 0 Å². The highest BCUT2D eigenvalue weighted by Crippen LogP contribution is 2.61. The van der Waals surface area contributed by atoms with Crippen molar-refractivity contribution in [2.75, 3.05) is 0 Å². The van der Waals surface area contributed by atoms with Gasteiger partial charge in [-0.2, -0.15) is 61.5 Å². The minimum Gasteiger partial charge on any atom is -0.478 e. The average molecular weight is 590 g/mol. The fraction of sp³-hybridized carbons (Fsp3) is 0.353. The molecule has 0 radical (unpaired) electrons. The third kappa shape index (κ3) is 4.91. The van der Waals surface area contributed by atoms with Crippen LogP contribution in [0.1, 0.15) is 20.7 Å². The second kappa shape index (κ2) is 9.57. The van der Waals surface area contributed by atoms with E-state index in [4.69, 9.17) is 10.2 Å². The molecule has 1 rings (SSSR count). The quantitative estimate of drug-likeness (QED) is 0.161. The van der Waals surface area contributed by atoms with Gasteiger partial charge in [0, 0.05) is 0 Å². The van der Waals surface area contributed by atoms with Crippen molar-refractivity contribution in [3.8, 4) is 5.75 Å². The molecule has 0 saturated carbocycles. The van der Waals surface area contributed by atoms with Gasteiger partial charge in [0.15, 0.2) is 0 Å². The number of esters is 1. The van der Waals surface area contributed by atoms with Crippen LogP contribution in [0, 0.1) is 0 Å².